The van der Waals surface area contributed by atoms with Crippen molar-refractivity contribution in [2.45, 2.75) is 38.9 Å². The number of esters is 1. The van der Waals surface area contributed by atoms with Gasteiger partial charge in [0.2, 0.25) is 0 Å². The molecule has 0 spiro atoms. The van der Waals surface area contributed by atoms with E-state index in [2.05, 4.69) is 0 Å². The second-order valence-corrected chi connectivity index (χ2v) is 2.87. The van der Waals surface area contributed by atoms with Crippen LogP contribution in [0.1, 0.15) is 26.7 Å². The van der Waals surface area contributed by atoms with Gasteiger partial charge < -0.3 is 9.47 Å². The van der Waals surface area contributed by atoms with Crippen molar-refractivity contribution in [1.29, 1.82) is 0 Å². The summed E-state index contributed by atoms with van der Waals surface area (Å²) < 4.78 is 10.4. The van der Waals surface area contributed by atoms with Crippen molar-refractivity contribution in [3.05, 3.63) is 0 Å². The molecule has 1 aliphatic heterocycles. The molecule has 0 saturated carbocycles. The van der Waals surface area contributed by atoms with Gasteiger partial charge in [0.25, 0.3) is 0 Å². The number of ether oxygens (including phenoxy) is 2. The molecule has 1 saturated heterocycles. The van der Waals surface area contributed by atoms with E-state index in [9.17, 15) is 4.79 Å². The van der Waals surface area contributed by atoms with Gasteiger partial charge in [-0.15, -0.1) is 0 Å². The van der Waals surface area contributed by atoms with E-state index in [-0.39, 0.29) is 18.2 Å². The Morgan fingerprint density at radius 1 is 1.64 bits per heavy atom. The highest BCUT2D eigenvalue weighted by Crippen LogP contribution is 2.16. The molecule has 3 heteroatoms. The van der Waals surface area contributed by atoms with Gasteiger partial charge in [0.05, 0.1) is 6.10 Å². The van der Waals surface area contributed by atoms with Gasteiger partial charge in [-0.1, -0.05) is 0 Å². The molecule has 1 fully saturated rings. The third-order valence-corrected chi connectivity index (χ3v) is 1.85. The quantitative estimate of drug-likeness (QED) is 0.536. The summed E-state index contributed by atoms with van der Waals surface area (Å²) in [5.41, 5.74) is 0. The largest absolute Gasteiger partial charge is 0.460 e. The summed E-state index contributed by atoms with van der Waals surface area (Å²) in [6.07, 6.45) is 1.96. The Hall–Kier alpha value is -0.570. The van der Waals surface area contributed by atoms with E-state index < -0.39 is 0 Å². The SMILES string of the molecule is CC(=O)OC1CCCOC1C. The summed E-state index contributed by atoms with van der Waals surface area (Å²) in [5, 5.41) is 0. The lowest BCUT2D eigenvalue weighted by molar-refractivity contribution is -0.159. The molecule has 0 N–H and O–H groups in total. The highest BCUT2D eigenvalue weighted by atomic mass is 16.6. The van der Waals surface area contributed by atoms with Crippen LogP contribution < -0.4 is 0 Å². The second-order valence-electron chi connectivity index (χ2n) is 2.87. The van der Waals surface area contributed by atoms with Gasteiger partial charge in [0.15, 0.2) is 0 Å². The molecule has 0 aliphatic carbocycles. The molecular weight excluding hydrogens is 144 g/mol. The first-order valence-corrected chi connectivity index (χ1v) is 3.99. The minimum absolute atomic E-state index is 0.0266. The molecular formula is C8H14O3. The van der Waals surface area contributed by atoms with Gasteiger partial charge in [-0.05, 0) is 19.8 Å². The summed E-state index contributed by atoms with van der Waals surface area (Å²) in [5.74, 6) is -0.215. The van der Waals surface area contributed by atoms with Gasteiger partial charge in [-0.25, -0.2) is 0 Å². The molecule has 3 nitrogen and oxygen atoms in total. The molecule has 2 unspecified atom stereocenters. The number of carbonyl (C=O) groups is 1. The monoisotopic (exact) mass is 158 g/mol. The minimum atomic E-state index is -0.215. The van der Waals surface area contributed by atoms with E-state index >= 15 is 0 Å². The Balaban J connectivity index is 2.35. The number of rotatable bonds is 1. The Morgan fingerprint density at radius 3 is 2.91 bits per heavy atom. The van der Waals surface area contributed by atoms with Gasteiger partial charge in [-0.2, -0.15) is 0 Å². The second kappa shape index (κ2) is 3.72. The zero-order valence-electron chi connectivity index (χ0n) is 7.00. The average molecular weight is 158 g/mol. The molecule has 0 aromatic carbocycles. The van der Waals surface area contributed by atoms with Crippen LogP contribution in [0.2, 0.25) is 0 Å². The molecule has 1 heterocycles. The van der Waals surface area contributed by atoms with E-state index in [1.54, 1.807) is 0 Å². The van der Waals surface area contributed by atoms with Crippen molar-refractivity contribution in [2.24, 2.45) is 0 Å². The highest BCUT2D eigenvalue weighted by Gasteiger charge is 2.23. The normalized spacial score (nSPS) is 31.5. The van der Waals surface area contributed by atoms with Crippen LogP contribution in [-0.2, 0) is 14.3 Å². The van der Waals surface area contributed by atoms with Crippen molar-refractivity contribution >= 4 is 5.97 Å². The number of hydrogen-bond donors (Lipinski definition) is 0. The van der Waals surface area contributed by atoms with E-state index in [0.717, 1.165) is 19.4 Å². The predicted octanol–water partition coefficient (Wildman–Crippen LogP) is 1.12. The Morgan fingerprint density at radius 2 is 2.36 bits per heavy atom. The summed E-state index contributed by atoms with van der Waals surface area (Å²) in [4.78, 5) is 10.6. The first kappa shape index (κ1) is 8.53. The third-order valence-electron chi connectivity index (χ3n) is 1.85. The van der Waals surface area contributed by atoms with E-state index in [1.165, 1.54) is 6.92 Å². The first-order valence-electron chi connectivity index (χ1n) is 3.99. The molecule has 0 aromatic rings. The summed E-state index contributed by atoms with van der Waals surface area (Å²) in [6.45, 7) is 4.16. The molecule has 1 aliphatic rings. The van der Waals surface area contributed by atoms with Gasteiger partial charge >= 0.3 is 5.97 Å². The zero-order chi connectivity index (χ0) is 8.27. The zero-order valence-corrected chi connectivity index (χ0v) is 7.00. The lowest BCUT2D eigenvalue weighted by Crippen LogP contribution is -2.34. The van der Waals surface area contributed by atoms with Crippen molar-refractivity contribution in [2.75, 3.05) is 6.61 Å². The van der Waals surface area contributed by atoms with Crippen LogP contribution in [0.4, 0.5) is 0 Å². The fourth-order valence-corrected chi connectivity index (χ4v) is 1.26. The van der Waals surface area contributed by atoms with Crippen LogP contribution >= 0.6 is 0 Å². The Bertz CT molecular complexity index is 144. The van der Waals surface area contributed by atoms with Crippen LogP contribution in [0, 0.1) is 0 Å². The molecule has 64 valence electrons. The Labute approximate surface area is 66.7 Å². The minimum Gasteiger partial charge on any atom is -0.460 e. The lowest BCUT2D eigenvalue weighted by Gasteiger charge is -2.28. The van der Waals surface area contributed by atoms with Crippen molar-refractivity contribution in [3.8, 4) is 0 Å². The fourth-order valence-electron chi connectivity index (χ4n) is 1.26. The van der Waals surface area contributed by atoms with Crippen LogP contribution in [0.25, 0.3) is 0 Å². The number of hydrogen-bond acceptors (Lipinski definition) is 3. The molecule has 2 atom stereocenters. The first-order chi connectivity index (χ1) is 5.20. The average Bonchev–Trinajstić information content (AvgIpc) is 1.93. The number of carbonyl (C=O) groups excluding carboxylic acids is 1. The summed E-state index contributed by atoms with van der Waals surface area (Å²) in [6, 6.07) is 0. The lowest BCUT2D eigenvalue weighted by atomic mass is 10.1. The van der Waals surface area contributed by atoms with E-state index in [4.69, 9.17) is 9.47 Å². The maximum Gasteiger partial charge on any atom is 0.302 e. The van der Waals surface area contributed by atoms with E-state index in [0.29, 0.717) is 0 Å². The molecule has 1 rings (SSSR count). The van der Waals surface area contributed by atoms with Crippen LogP contribution in [-0.4, -0.2) is 24.8 Å². The summed E-state index contributed by atoms with van der Waals surface area (Å²) in [7, 11) is 0. The maximum atomic E-state index is 10.6. The van der Waals surface area contributed by atoms with Crippen LogP contribution in [0.15, 0.2) is 0 Å². The van der Waals surface area contributed by atoms with Gasteiger partial charge in [-0.3, -0.25) is 4.79 Å². The highest BCUT2D eigenvalue weighted by molar-refractivity contribution is 5.66. The van der Waals surface area contributed by atoms with E-state index in [1.807, 2.05) is 6.92 Å². The molecule has 0 aromatic heterocycles. The van der Waals surface area contributed by atoms with Crippen molar-refractivity contribution in [3.63, 3.8) is 0 Å². The predicted molar refractivity (Wildman–Crippen MR) is 40.2 cm³/mol. The molecule has 0 amide bonds. The molecule has 0 bridgehead atoms. The fraction of sp³-hybridized carbons (Fsp3) is 0.875. The smallest absolute Gasteiger partial charge is 0.302 e. The maximum absolute atomic E-state index is 10.6. The van der Waals surface area contributed by atoms with Gasteiger partial charge in [0.1, 0.15) is 6.10 Å². The van der Waals surface area contributed by atoms with Crippen molar-refractivity contribution in [1.82, 2.24) is 0 Å². The molecule has 11 heavy (non-hydrogen) atoms. The third kappa shape index (κ3) is 2.50. The van der Waals surface area contributed by atoms with Crippen LogP contribution in [0.3, 0.4) is 0 Å². The van der Waals surface area contributed by atoms with Crippen LogP contribution in [0.5, 0.6) is 0 Å². The summed E-state index contributed by atoms with van der Waals surface area (Å²) >= 11 is 0. The molecule has 0 radical (unpaired) electrons. The van der Waals surface area contributed by atoms with Crippen molar-refractivity contribution < 1.29 is 14.3 Å². The standard InChI is InChI=1S/C8H14O3/c1-6-8(11-7(2)9)4-3-5-10-6/h6,8H,3-5H2,1-2H3. The Kier molecular flexibility index (Phi) is 2.88. The topological polar surface area (TPSA) is 35.5 Å². The van der Waals surface area contributed by atoms with Gasteiger partial charge in [0, 0.05) is 13.5 Å².